The van der Waals surface area contributed by atoms with Crippen molar-refractivity contribution in [3.63, 3.8) is 0 Å². The van der Waals surface area contributed by atoms with Crippen molar-refractivity contribution < 1.29 is 14.6 Å². The van der Waals surface area contributed by atoms with Gasteiger partial charge in [-0.3, -0.25) is 4.79 Å². The van der Waals surface area contributed by atoms with Gasteiger partial charge in [-0.2, -0.15) is 0 Å². The van der Waals surface area contributed by atoms with Gasteiger partial charge >= 0.3 is 0 Å². The number of aromatic hydroxyl groups is 1. The number of benzene rings is 1. The number of ketones is 1. The Labute approximate surface area is 99.0 Å². The molecule has 5 heteroatoms. The van der Waals surface area contributed by atoms with Crippen LogP contribution in [0.15, 0.2) is 6.07 Å². The first-order valence-corrected chi connectivity index (χ1v) is 5.20. The van der Waals surface area contributed by atoms with Crippen molar-refractivity contribution in [3.05, 3.63) is 22.2 Å². The van der Waals surface area contributed by atoms with Crippen LogP contribution in [0.1, 0.15) is 22.3 Å². The number of phenols is 1. The number of phenolic OH excluding ortho intramolecular Hbond substituents is 1. The number of halogens is 1. The first-order chi connectivity index (χ1) is 7.52. The van der Waals surface area contributed by atoms with E-state index in [1.165, 1.54) is 7.11 Å². The van der Waals surface area contributed by atoms with Crippen molar-refractivity contribution in [1.29, 1.82) is 0 Å². The number of hydrogen-bond donors (Lipinski definition) is 2. The molecule has 1 aromatic rings. The molecule has 0 saturated carbocycles. The Morgan fingerprint density at radius 3 is 2.75 bits per heavy atom. The minimum Gasteiger partial charge on any atom is -0.504 e. The second kappa shape index (κ2) is 5.18. The highest BCUT2D eigenvalue weighted by Gasteiger charge is 2.20. The third-order valence-electron chi connectivity index (χ3n) is 2.25. The molecule has 0 bridgehead atoms. The lowest BCUT2D eigenvalue weighted by Crippen LogP contribution is -2.09. The van der Waals surface area contributed by atoms with Crippen LogP contribution in [0.5, 0.6) is 11.5 Å². The molecule has 0 spiro atoms. The number of aryl methyl sites for hydroxylation is 1. The van der Waals surface area contributed by atoms with Crippen molar-refractivity contribution in [2.45, 2.75) is 13.3 Å². The molecular formula is C11H14ClNO3. The van der Waals surface area contributed by atoms with E-state index in [2.05, 4.69) is 0 Å². The topological polar surface area (TPSA) is 72.5 Å². The van der Waals surface area contributed by atoms with Crippen LogP contribution in [0.2, 0.25) is 5.02 Å². The van der Waals surface area contributed by atoms with Crippen LogP contribution >= 0.6 is 11.6 Å². The van der Waals surface area contributed by atoms with Crippen LogP contribution < -0.4 is 10.5 Å². The lowest BCUT2D eigenvalue weighted by molar-refractivity contribution is 0.0982. The van der Waals surface area contributed by atoms with Gasteiger partial charge in [0.15, 0.2) is 17.3 Å². The van der Waals surface area contributed by atoms with Gasteiger partial charge in [-0.05, 0) is 25.1 Å². The second-order valence-corrected chi connectivity index (χ2v) is 3.77. The Morgan fingerprint density at radius 1 is 1.62 bits per heavy atom. The molecule has 0 aliphatic rings. The number of methoxy groups -OCH3 is 1. The zero-order valence-corrected chi connectivity index (χ0v) is 9.97. The second-order valence-electron chi connectivity index (χ2n) is 3.40. The predicted molar refractivity (Wildman–Crippen MR) is 62.4 cm³/mol. The highest BCUT2D eigenvalue weighted by Crippen LogP contribution is 2.38. The standard InChI is InChI=1S/C11H14ClNO3/c1-6-5-8(16-2)11(15)9(10(6)12)7(14)3-4-13/h5,15H,3-4,13H2,1-2H3. The molecular weight excluding hydrogens is 230 g/mol. The predicted octanol–water partition coefficient (Wildman–Crippen LogP) is 1.89. The molecule has 0 aromatic heterocycles. The molecule has 0 saturated heterocycles. The minimum atomic E-state index is -0.285. The van der Waals surface area contributed by atoms with E-state index in [4.69, 9.17) is 22.1 Å². The Balaban J connectivity index is 3.35. The third kappa shape index (κ3) is 2.28. The van der Waals surface area contributed by atoms with Gasteiger partial charge in [0.05, 0.1) is 17.7 Å². The van der Waals surface area contributed by atoms with Gasteiger partial charge in [0.2, 0.25) is 0 Å². The first-order valence-electron chi connectivity index (χ1n) is 4.82. The van der Waals surface area contributed by atoms with Gasteiger partial charge in [-0.15, -0.1) is 0 Å². The summed E-state index contributed by atoms with van der Waals surface area (Å²) in [6, 6.07) is 1.58. The number of carbonyl (C=O) groups is 1. The van der Waals surface area contributed by atoms with Gasteiger partial charge in [-0.25, -0.2) is 0 Å². The van der Waals surface area contributed by atoms with Crippen LogP contribution in [0.4, 0.5) is 0 Å². The molecule has 0 fully saturated rings. The van der Waals surface area contributed by atoms with E-state index >= 15 is 0 Å². The number of rotatable bonds is 4. The number of nitrogens with two attached hydrogens (primary N) is 1. The molecule has 0 radical (unpaired) electrons. The SMILES string of the molecule is COc1cc(C)c(Cl)c(C(=O)CCN)c1O. The van der Waals surface area contributed by atoms with Crippen molar-refractivity contribution in [3.8, 4) is 11.5 Å². The molecule has 0 heterocycles. The van der Waals surface area contributed by atoms with Crippen LogP contribution in [0, 0.1) is 6.92 Å². The van der Waals surface area contributed by atoms with Crippen molar-refractivity contribution in [2.75, 3.05) is 13.7 Å². The largest absolute Gasteiger partial charge is 0.504 e. The lowest BCUT2D eigenvalue weighted by atomic mass is 10.0. The molecule has 0 aliphatic carbocycles. The summed E-state index contributed by atoms with van der Waals surface area (Å²) < 4.78 is 4.96. The average Bonchev–Trinajstić information content (AvgIpc) is 2.24. The molecule has 1 aromatic carbocycles. The molecule has 0 unspecified atom stereocenters. The van der Waals surface area contributed by atoms with Crippen LogP contribution in [0.3, 0.4) is 0 Å². The average molecular weight is 244 g/mol. The normalized spacial score (nSPS) is 10.2. The maximum absolute atomic E-state index is 11.7. The zero-order chi connectivity index (χ0) is 12.3. The summed E-state index contributed by atoms with van der Waals surface area (Å²) >= 11 is 5.98. The highest BCUT2D eigenvalue weighted by atomic mass is 35.5. The Bertz CT molecular complexity index is 418. The zero-order valence-electron chi connectivity index (χ0n) is 9.21. The summed E-state index contributed by atoms with van der Waals surface area (Å²) in [6.07, 6.45) is 0.139. The Kier molecular flexibility index (Phi) is 4.15. The van der Waals surface area contributed by atoms with E-state index in [1.807, 2.05) is 0 Å². The third-order valence-corrected chi connectivity index (χ3v) is 2.74. The summed E-state index contributed by atoms with van der Waals surface area (Å²) in [5, 5.41) is 10.1. The molecule has 16 heavy (non-hydrogen) atoms. The van der Waals surface area contributed by atoms with E-state index in [0.717, 1.165) is 0 Å². The fraction of sp³-hybridized carbons (Fsp3) is 0.364. The highest BCUT2D eigenvalue weighted by molar-refractivity contribution is 6.35. The maximum atomic E-state index is 11.7. The summed E-state index contributed by atoms with van der Waals surface area (Å²) in [5.74, 6) is -0.272. The van der Waals surface area contributed by atoms with E-state index < -0.39 is 0 Å². The van der Waals surface area contributed by atoms with Gasteiger partial charge in [0.1, 0.15) is 0 Å². The Hall–Kier alpha value is -1.26. The molecule has 1 rings (SSSR count). The van der Waals surface area contributed by atoms with Gasteiger partial charge in [0, 0.05) is 6.42 Å². The van der Waals surface area contributed by atoms with E-state index in [-0.39, 0.29) is 40.8 Å². The van der Waals surface area contributed by atoms with Gasteiger partial charge in [-0.1, -0.05) is 11.6 Å². The molecule has 88 valence electrons. The number of Topliss-reactive ketones (excluding diaryl/α,β-unsaturated/α-hetero) is 1. The van der Waals surface area contributed by atoms with Crippen molar-refractivity contribution in [2.24, 2.45) is 5.73 Å². The van der Waals surface area contributed by atoms with Gasteiger partial charge in [0.25, 0.3) is 0 Å². The fourth-order valence-electron chi connectivity index (χ4n) is 1.42. The van der Waals surface area contributed by atoms with Crippen LogP contribution in [-0.2, 0) is 0 Å². The molecule has 4 nitrogen and oxygen atoms in total. The summed E-state index contributed by atoms with van der Waals surface area (Å²) in [4.78, 5) is 11.7. The quantitative estimate of drug-likeness (QED) is 0.793. The van der Waals surface area contributed by atoms with E-state index in [1.54, 1.807) is 13.0 Å². The molecule has 0 aliphatic heterocycles. The van der Waals surface area contributed by atoms with E-state index in [0.29, 0.717) is 5.56 Å². The first kappa shape index (κ1) is 12.8. The van der Waals surface area contributed by atoms with Crippen molar-refractivity contribution in [1.82, 2.24) is 0 Å². The molecule has 0 amide bonds. The summed E-state index contributed by atoms with van der Waals surface area (Å²) in [6.45, 7) is 1.95. The number of hydrogen-bond acceptors (Lipinski definition) is 4. The minimum absolute atomic E-state index is 0.0870. The number of carbonyl (C=O) groups excluding carboxylic acids is 1. The van der Waals surface area contributed by atoms with Crippen molar-refractivity contribution >= 4 is 17.4 Å². The monoisotopic (exact) mass is 243 g/mol. The smallest absolute Gasteiger partial charge is 0.170 e. The van der Waals surface area contributed by atoms with E-state index in [9.17, 15) is 9.90 Å². The number of ether oxygens (including phenoxy) is 1. The maximum Gasteiger partial charge on any atom is 0.170 e. The molecule has 0 atom stereocenters. The summed E-state index contributed by atoms with van der Waals surface area (Å²) in [5.41, 5.74) is 6.06. The lowest BCUT2D eigenvalue weighted by Gasteiger charge is -2.12. The fourth-order valence-corrected chi connectivity index (χ4v) is 1.67. The van der Waals surface area contributed by atoms with Crippen LogP contribution in [-0.4, -0.2) is 24.5 Å². The van der Waals surface area contributed by atoms with Crippen LogP contribution in [0.25, 0.3) is 0 Å². The Morgan fingerprint density at radius 2 is 2.25 bits per heavy atom. The van der Waals surface area contributed by atoms with Gasteiger partial charge < -0.3 is 15.6 Å². The summed E-state index contributed by atoms with van der Waals surface area (Å²) in [7, 11) is 1.42. The molecule has 3 N–H and O–H groups in total.